The Morgan fingerprint density at radius 2 is 1.78 bits per heavy atom. The number of carbonyl (C=O) groups is 1. The van der Waals surface area contributed by atoms with Crippen LogP contribution in [0.2, 0.25) is 10.0 Å². The summed E-state index contributed by atoms with van der Waals surface area (Å²) in [6.45, 7) is 3.65. The van der Waals surface area contributed by atoms with Crippen molar-refractivity contribution in [2.45, 2.75) is 5.75 Å². The van der Waals surface area contributed by atoms with Crippen LogP contribution in [0, 0.1) is 0 Å². The molecular formula is C19H18Cl2N2O3S. The maximum Gasteiger partial charge on any atom is 0.248 e. The highest BCUT2D eigenvalue weighted by atomic mass is 35.5. The minimum Gasteiger partial charge on any atom is -0.323 e. The number of hydrogen-bond acceptors (Lipinski definition) is 3. The van der Waals surface area contributed by atoms with Gasteiger partial charge in [-0.25, -0.2) is 13.1 Å². The molecule has 0 bridgehead atoms. The Hall–Kier alpha value is -2.12. The first-order valence-corrected chi connectivity index (χ1v) is 10.3. The first-order chi connectivity index (χ1) is 12.8. The molecule has 0 spiro atoms. The molecule has 2 rings (SSSR count). The smallest absolute Gasteiger partial charge is 0.248 e. The average molecular weight is 425 g/mol. The standard InChI is InChI=1S/C19H18Cl2N2O3S/c1-2-11-22-27(25,26)13-15-3-7-16(8-4-15)23-19(24)10-6-14-5-9-17(20)18(21)12-14/h2-10,12,22H,1,11,13H2,(H,23,24)/b10-6+. The summed E-state index contributed by atoms with van der Waals surface area (Å²) in [5, 5.41) is 3.55. The van der Waals surface area contributed by atoms with Crippen molar-refractivity contribution in [3.8, 4) is 0 Å². The fourth-order valence-electron chi connectivity index (χ4n) is 2.11. The molecule has 142 valence electrons. The van der Waals surface area contributed by atoms with Gasteiger partial charge in [-0.3, -0.25) is 4.79 Å². The first-order valence-electron chi connectivity index (χ1n) is 7.90. The third-order valence-electron chi connectivity index (χ3n) is 3.40. The number of hydrogen-bond donors (Lipinski definition) is 2. The summed E-state index contributed by atoms with van der Waals surface area (Å²) < 4.78 is 26.1. The van der Waals surface area contributed by atoms with Gasteiger partial charge in [-0.05, 0) is 41.5 Å². The number of rotatable bonds is 8. The molecule has 0 aromatic heterocycles. The summed E-state index contributed by atoms with van der Waals surface area (Å²) in [6.07, 6.45) is 4.46. The van der Waals surface area contributed by atoms with Crippen LogP contribution in [0.5, 0.6) is 0 Å². The summed E-state index contributed by atoms with van der Waals surface area (Å²) in [6, 6.07) is 11.6. The number of anilines is 1. The molecule has 2 N–H and O–H groups in total. The zero-order chi connectivity index (χ0) is 19.9. The fourth-order valence-corrected chi connectivity index (χ4v) is 3.52. The molecule has 5 nitrogen and oxygen atoms in total. The molecule has 27 heavy (non-hydrogen) atoms. The predicted molar refractivity (Wildman–Crippen MR) is 111 cm³/mol. The van der Waals surface area contributed by atoms with Crippen LogP contribution >= 0.6 is 23.2 Å². The maximum atomic E-state index is 12.0. The molecule has 0 radical (unpaired) electrons. The predicted octanol–water partition coefficient (Wildman–Crippen LogP) is 4.25. The van der Waals surface area contributed by atoms with Gasteiger partial charge in [-0.2, -0.15) is 0 Å². The summed E-state index contributed by atoms with van der Waals surface area (Å²) >= 11 is 11.8. The lowest BCUT2D eigenvalue weighted by Gasteiger charge is -2.06. The van der Waals surface area contributed by atoms with Gasteiger partial charge in [0.1, 0.15) is 0 Å². The van der Waals surface area contributed by atoms with E-state index in [1.54, 1.807) is 48.5 Å². The van der Waals surface area contributed by atoms with E-state index in [4.69, 9.17) is 23.2 Å². The van der Waals surface area contributed by atoms with E-state index in [1.807, 2.05) is 0 Å². The molecule has 0 saturated carbocycles. The monoisotopic (exact) mass is 424 g/mol. The zero-order valence-corrected chi connectivity index (χ0v) is 16.6. The zero-order valence-electron chi connectivity index (χ0n) is 14.3. The Labute approximate surface area is 168 Å². The first kappa shape index (κ1) is 21.2. The van der Waals surface area contributed by atoms with Crippen LogP contribution in [0.4, 0.5) is 5.69 Å². The summed E-state index contributed by atoms with van der Waals surface area (Å²) in [4.78, 5) is 12.0. The number of sulfonamides is 1. The lowest BCUT2D eigenvalue weighted by atomic mass is 10.2. The van der Waals surface area contributed by atoms with Gasteiger partial charge < -0.3 is 5.32 Å². The van der Waals surface area contributed by atoms with Crippen molar-refractivity contribution in [3.63, 3.8) is 0 Å². The SMILES string of the molecule is C=CCNS(=O)(=O)Cc1ccc(NC(=O)/C=C/c2ccc(Cl)c(Cl)c2)cc1. The summed E-state index contributed by atoms with van der Waals surface area (Å²) in [7, 11) is -3.42. The van der Waals surface area contributed by atoms with Gasteiger partial charge in [0.05, 0.1) is 15.8 Å². The molecule has 0 fully saturated rings. The minimum atomic E-state index is -3.42. The number of nitrogens with one attached hydrogen (secondary N) is 2. The Bertz CT molecular complexity index is 955. The lowest BCUT2D eigenvalue weighted by Crippen LogP contribution is -2.25. The fraction of sp³-hybridized carbons (Fsp3) is 0.105. The Kier molecular flexibility index (Phi) is 7.62. The Morgan fingerprint density at radius 3 is 2.41 bits per heavy atom. The highest BCUT2D eigenvalue weighted by Crippen LogP contribution is 2.23. The van der Waals surface area contributed by atoms with E-state index >= 15 is 0 Å². The third-order valence-corrected chi connectivity index (χ3v) is 5.46. The van der Waals surface area contributed by atoms with E-state index in [0.29, 0.717) is 21.3 Å². The molecule has 0 heterocycles. The number of carbonyl (C=O) groups excluding carboxylic acids is 1. The van der Waals surface area contributed by atoms with Crippen molar-refractivity contribution < 1.29 is 13.2 Å². The van der Waals surface area contributed by atoms with Crippen molar-refractivity contribution >= 4 is 50.9 Å². The van der Waals surface area contributed by atoms with Gasteiger partial charge in [0, 0.05) is 18.3 Å². The van der Waals surface area contributed by atoms with Crippen LogP contribution in [0.25, 0.3) is 6.08 Å². The lowest BCUT2D eigenvalue weighted by molar-refractivity contribution is -0.111. The van der Waals surface area contributed by atoms with Gasteiger partial charge in [-0.1, -0.05) is 47.5 Å². The molecule has 0 aliphatic heterocycles. The van der Waals surface area contributed by atoms with E-state index < -0.39 is 10.0 Å². The average Bonchev–Trinajstić information content (AvgIpc) is 2.62. The summed E-state index contributed by atoms with van der Waals surface area (Å²) in [5.74, 6) is -0.471. The van der Waals surface area contributed by atoms with Crippen LogP contribution < -0.4 is 10.0 Å². The normalized spacial score (nSPS) is 11.5. The molecule has 2 aromatic carbocycles. The second-order valence-corrected chi connectivity index (χ2v) is 8.21. The van der Waals surface area contributed by atoms with Gasteiger partial charge >= 0.3 is 0 Å². The second kappa shape index (κ2) is 9.71. The number of halogens is 2. The van der Waals surface area contributed by atoms with Gasteiger partial charge in [0.2, 0.25) is 15.9 Å². The number of amides is 1. The quantitative estimate of drug-likeness (QED) is 0.491. The van der Waals surface area contributed by atoms with E-state index in [-0.39, 0.29) is 18.2 Å². The summed E-state index contributed by atoms with van der Waals surface area (Å²) in [5.41, 5.74) is 1.90. The molecule has 0 aliphatic carbocycles. The van der Waals surface area contributed by atoms with Crippen LogP contribution in [0.1, 0.15) is 11.1 Å². The molecule has 1 amide bonds. The topological polar surface area (TPSA) is 75.3 Å². The highest BCUT2D eigenvalue weighted by Gasteiger charge is 2.10. The largest absolute Gasteiger partial charge is 0.323 e. The van der Waals surface area contributed by atoms with Crippen LogP contribution in [-0.4, -0.2) is 20.9 Å². The van der Waals surface area contributed by atoms with Gasteiger partial charge in [0.25, 0.3) is 0 Å². The van der Waals surface area contributed by atoms with Crippen molar-refractivity contribution in [1.29, 1.82) is 0 Å². The molecule has 8 heteroatoms. The molecule has 0 saturated heterocycles. The van der Waals surface area contributed by atoms with Gasteiger partial charge in [0.15, 0.2) is 0 Å². The molecular weight excluding hydrogens is 407 g/mol. The second-order valence-electron chi connectivity index (χ2n) is 5.59. The van der Waals surface area contributed by atoms with Crippen LogP contribution in [-0.2, 0) is 20.6 Å². The minimum absolute atomic E-state index is 0.147. The van der Waals surface area contributed by atoms with E-state index in [1.165, 1.54) is 12.2 Å². The Balaban J connectivity index is 1.95. The number of benzene rings is 2. The van der Waals surface area contributed by atoms with Crippen molar-refractivity contribution in [2.75, 3.05) is 11.9 Å². The maximum absolute atomic E-state index is 12.0. The highest BCUT2D eigenvalue weighted by molar-refractivity contribution is 7.88. The molecule has 0 unspecified atom stereocenters. The molecule has 0 atom stereocenters. The third kappa shape index (κ3) is 7.19. The molecule has 0 aliphatic rings. The van der Waals surface area contributed by atoms with E-state index in [0.717, 1.165) is 5.56 Å². The van der Waals surface area contributed by atoms with Crippen molar-refractivity contribution in [2.24, 2.45) is 0 Å². The van der Waals surface area contributed by atoms with E-state index in [2.05, 4.69) is 16.6 Å². The van der Waals surface area contributed by atoms with Crippen molar-refractivity contribution in [3.05, 3.63) is 82.4 Å². The van der Waals surface area contributed by atoms with Crippen molar-refractivity contribution in [1.82, 2.24) is 4.72 Å². The molecule has 2 aromatic rings. The van der Waals surface area contributed by atoms with E-state index in [9.17, 15) is 13.2 Å². The van der Waals surface area contributed by atoms with Crippen LogP contribution in [0.3, 0.4) is 0 Å². The Morgan fingerprint density at radius 1 is 1.07 bits per heavy atom. The van der Waals surface area contributed by atoms with Gasteiger partial charge in [-0.15, -0.1) is 6.58 Å². The van der Waals surface area contributed by atoms with Crippen LogP contribution in [0.15, 0.2) is 61.2 Å².